The van der Waals surface area contributed by atoms with Gasteiger partial charge in [0.15, 0.2) is 0 Å². The van der Waals surface area contributed by atoms with E-state index in [1.54, 1.807) is 18.2 Å². The molecule has 1 heterocycles. The largest absolute Gasteiger partial charge is 0.298 e. The lowest BCUT2D eigenvalue weighted by Gasteiger charge is -2.38. The molecule has 1 aliphatic rings. The Morgan fingerprint density at radius 2 is 1.76 bits per heavy atom. The second-order valence-electron chi connectivity index (χ2n) is 8.87. The Morgan fingerprint density at radius 3 is 2.50 bits per heavy atom. The molecule has 3 aromatic rings. The first-order chi connectivity index (χ1) is 16.4. The number of non-ortho nitro benzene ring substituents is 1. The molecule has 0 saturated carbocycles. The fourth-order valence-corrected chi connectivity index (χ4v) is 4.67. The first-order valence-electron chi connectivity index (χ1n) is 11.6. The Bertz CT molecular complexity index is 1140. The van der Waals surface area contributed by atoms with Crippen molar-refractivity contribution >= 4 is 5.69 Å². The van der Waals surface area contributed by atoms with Gasteiger partial charge < -0.3 is 0 Å². The van der Waals surface area contributed by atoms with Gasteiger partial charge in [0.2, 0.25) is 0 Å². The van der Waals surface area contributed by atoms with Crippen molar-refractivity contribution in [1.82, 2.24) is 9.80 Å². The molecule has 0 saturated heterocycles. The van der Waals surface area contributed by atoms with E-state index in [2.05, 4.69) is 16.7 Å². The third-order valence-electron chi connectivity index (χ3n) is 6.58. The van der Waals surface area contributed by atoms with Crippen molar-refractivity contribution in [3.63, 3.8) is 0 Å². The second-order valence-corrected chi connectivity index (χ2v) is 8.87. The SMILES string of the molecule is CCN(CCN1Cc2ccc(F)cc2CC1Cc1ccc(F)cc1)Cc1cccc([N+](=O)[O-])c1. The smallest absolute Gasteiger partial charge is 0.269 e. The van der Waals surface area contributed by atoms with E-state index in [0.717, 1.165) is 61.3 Å². The molecule has 0 aromatic heterocycles. The first-order valence-corrected chi connectivity index (χ1v) is 11.6. The molecule has 0 N–H and O–H groups in total. The molecule has 0 bridgehead atoms. The van der Waals surface area contributed by atoms with Gasteiger partial charge in [-0.2, -0.15) is 0 Å². The highest BCUT2D eigenvalue weighted by molar-refractivity contribution is 5.34. The van der Waals surface area contributed by atoms with E-state index in [1.165, 1.54) is 24.3 Å². The normalized spacial score (nSPS) is 15.9. The van der Waals surface area contributed by atoms with Crippen LogP contribution >= 0.6 is 0 Å². The minimum Gasteiger partial charge on any atom is -0.298 e. The second kappa shape index (κ2) is 10.8. The third-order valence-corrected chi connectivity index (χ3v) is 6.58. The van der Waals surface area contributed by atoms with Crippen molar-refractivity contribution in [1.29, 1.82) is 0 Å². The summed E-state index contributed by atoms with van der Waals surface area (Å²) >= 11 is 0. The number of hydrogen-bond acceptors (Lipinski definition) is 4. The molecule has 178 valence electrons. The summed E-state index contributed by atoms with van der Waals surface area (Å²) in [5.74, 6) is -0.474. The number of nitrogens with zero attached hydrogens (tertiary/aromatic N) is 3. The average molecular weight is 466 g/mol. The van der Waals surface area contributed by atoms with E-state index < -0.39 is 0 Å². The van der Waals surface area contributed by atoms with Gasteiger partial charge in [-0.3, -0.25) is 19.9 Å². The van der Waals surface area contributed by atoms with Gasteiger partial charge in [0.05, 0.1) is 4.92 Å². The van der Waals surface area contributed by atoms with Crippen LogP contribution < -0.4 is 0 Å². The zero-order chi connectivity index (χ0) is 24.1. The minimum absolute atomic E-state index is 0.104. The topological polar surface area (TPSA) is 49.6 Å². The monoisotopic (exact) mass is 465 g/mol. The molecular formula is C27H29F2N3O2. The maximum absolute atomic E-state index is 13.9. The quantitative estimate of drug-likeness (QED) is 0.315. The average Bonchev–Trinajstić information content (AvgIpc) is 2.83. The fourth-order valence-electron chi connectivity index (χ4n) is 4.67. The van der Waals surface area contributed by atoms with Crippen LogP contribution in [0.5, 0.6) is 0 Å². The summed E-state index contributed by atoms with van der Waals surface area (Å²) in [6.07, 6.45) is 1.49. The van der Waals surface area contributed by atoms with Crippen LogP contribution in [0.15, 0.2) is 66.7 Å². The van der Waals surface area contributed by atoms with E-state index >= 15 is 0 Å². The predicted octanol–water partition coefficient (Wildman–Crippen LogP) is 5.36. The summed E-state index contributed by atoms with van der Waals surface area (Å²) in [5.41, 5.74) is 4.25. The summed E-state index contributed by atoms with van der Waals surface area (Å²) < 4.78 is 27.3. The molecule has 5 nitrogen and oxygen atoms in total. The number of rotatable bonds is 9. The Kier molecular flexibility index (Phi) is 7.65. The number of likely N-dealkylation sites (N-methyl/N-ethyl adjacent to an activating group) is 1. The molecule has 1 unspecified atom stereocenters. The van der Waals surface area contributed by atoms with Crippen molar-refractivity contribution in [2.75, 3.05) is 19.6 Å². The van der Waals surface area contributed by atoms with Crippen molar-refractivity contribution in [3.05, 3.63) is 111 Å². The molecule has 0 spiro atoms. The highest BCUT2D eigenvalue weighted by atomic mass is 19.1. The Balaban J connectivity index is 1.47. The van der Waals surface area contributed by atoms with Gasteiger partial charge in [-0.05, 0) is 65.9 Å². The maximum atomic E-state index is 13.9. The van der Waals surface area contributed by atoms with E-state index in [0.29, 0.717) is 6.54 Å². The number of fused-ring (bicyclic) bond motifs is 1. The van der Waals surface area contributed by atoms with Gasteiger partial charge in [0.25, 0.3) is 5.69 Å². The van der Waals surface area contributed by atoms with Gasteiger partial charge in [0.1, 0.15) is 11.6 Å². The minimum atomic E-state index is -0.367. The van der Waals surface area contributed by atoms with Crippen LogP contribution in [0.25, 0.3) is 0 Å². The molecule has 1 atom stereocenters. The molecule has 0 amide bonds. The number of hydrogen-bond donors (Lipinski definition) is 0. The molecule has 0 radical (unpaired) electrons. The lowest BCUT2D eigenvalue weighted by Crippen LogP contribution is -2.45. The molecule has 0 fully saturated rings. The molecule has 7 heteroatoms. The van der Waals surface area contributed by atoms with Crippen LogP contribution in [-0.4, -0.2) is 40.4 Å². The third kappa shape index (κ3) is 6.04. The highest BCUT2D eigenvalue weighted by Gasteiger charge is 2.27. The predicted molar refractivity (Wildman–Crippen MR) is 128 cm³/mol. The summed E-state index contributed by atoms with van der Waals surface area (Å²) in [7, 11) is 0. The Morgan fingerprint density at radius 1 is 1.00 bits per heavy atom. The fraction of sp³-hybridized carbons (Fsp3) is 0.333. The lowest BCUT2D eigenvalue weighted by atomic mass is 9.90. The molecule has 34 heavy (non-hydrogen) atoms. The van der Waals surface area contributed by atoms with Crippen molar-refractivity contribution in [3.8, 4) is 0 Å². The zero-order valence-electron chi connectivity index (χ0n) is 19.3. The number of halogens is 2. The van der Waals surface area contributed by atoms with Crippen LogP contribution in [0, 0.1) is 21.7 Å². The van der Waals surface area contributed by atoms with Crippen LogP contribution in [0.4, 0.5) is 14.5 Å². The number of benzene rings is 3. The van der Waals surface area contributed by atoms with Crippen molar-refractivity contribution in [2.45, 2.75) is 38.9 Å². The van der Waals surface area contributed by atoms with E-state index in [-0.39, 0.29) is 28.3 Å². The van der Waals surface area contributed by atoms with Gasteiger partial charge in [0, 0.05) is 44.4 Å². The van der Waals surface area contributed by atoms with Crippen LogP contribution in [0.3, 0.4) is 0 Å². The zero-order valence-corrected chi connectivity index (χ0v) is 19.3. The van der Waals surface area contributed by atoms with Gasteiger partial charge in [-0.15, -0.1) is 0 Å². The van der Waals surface area contributed by atoms with E-state index in [4.69, 9.17) is 0 Å². The molecule has 4 rings (SSSR count). The summed E-state index contributed by atoms with van der Waals surface area (Å²) in [6.45, 7) is 5.88. The van der Waals surface area contributed by atoms with Crippen LogP contribution in [0.2, 0.25) is 0 Å². The lowest BCUT2D eigenvalue weighted by molar-refractivity contribution is -0.384. The van der Waals surface area contributed by atoms with Gasteiger partial charge >= 0.3 is 0 Å². The maximum Gasteiger partial charge on any atom is 0.269 e. The molecular weight excluding hydrogens is 436 g/mol. The van der Waals surface area contributed by atoms with Crippen LogP contribution in [0.1, 0.15) is 29.2 Å². The van der Waals surface area contributed by atoms with Gasteiger partial charge in [-0.1, -0.05) is 37.3 Å². The molecule has 0 aliphatic carbocycles. The molecule has 1 aliphatic heterocycles. The van der Waals surface area contributed by atoms with E-state index in [9.17, 15) is 18.9 Å². The number of nitro benzene ring substituents is 1. The summed E-state index contributed by atoms with van der Waals surface area (Å²) in [5, 5.41) is 11.1. The molecule has 3 aromatic carbocycles. The van der Waals surface area contributed by atoms with Crippen LogP contribution in [-0.2, 0) is 25.9 Å². The number of nitro groups is 1. The van der Waals surface area contributed by atoms with Crippen molar-refractivity contribution in [2.24, 2.45) is 0 Å². The highest BCUT2D eigenvalue weighted by Crippen LogP contribution is 2.26. The standard InChI is InChI=1S/C27H29F2N3O2/c1-2-30(18-21-4-3-5-26(15-21)32(33)34)12-13-31-19-22-8-11-25(29)16-23(22)17-27(31)14-20-6-9-24(28)10-7-20/h3-11,15-16,27H,2,12-14,17-19H2,1H3. The Labute approximate surface area is 198 Å². The Hall–Kier alpha value is -3.16. The summed E-state index contributed by atoms with van der Waals surface area (Å²) in [4.78, 5) is 15.4. The van der Waals surface area contributed by atoms with E-state index in [1.807, 2.05) is 24.3 Å². The van der Waals surface area contributed by atoms with Gasteiger partial charge in [-0.25, -0.2) is 8.78 Å². The first kappa shape index (κ1) is 24.0. The van der Waals surface area contributed by atoms with Crippen molar-refractivity contribution < 1.29 is 13.7 Å². The summed E-state index contributed by atoms with van der Waals surface area (Å²) in [6, 6.07) is 18.6.